The Morgan fingerprint density at radius 3 is 0.754 bits per heavy atom. The van der Waals surface area contributed by atoms with Crippen LogP contribution in [0.3, 0.4) is 0 Å². The predicted molar refractivity (Wildman–Crippen MR) is 484 cm³/mol. The molecule has 3 aromatic carbocycles. The van der Waals surface area contributed by atoms with Crippen LogP contribution in [0, 0.1) is 32.5 Å². The number of carbonyl (C=O) groups is 12. The summed E-state index contributed by atoms with van der Waals surface area (Å²) in [4.78, 5) is 184. The third kappa shape index (κ3) is 34.6. The number of aromatic nitrogens is 3. The Morgan fingerprint density at radius 2 is 0.500 bits per heavy atom. The summed E-state index contributed by atoms with van der Waals surface area (Å²) >= 11 is 0. The summed E-state index contributed by atoms with van der Waals surface area (Å²) in [6.07, 6.45) is -2.13. The van der Waals surface area contributed by atoms with E-state index in [4.69, 9.17) is 78.3 Å². The first kappa shape index (κ1) is 104. The predicted octanol–water partition coefficient (Wildman–Crippen LogP) is -7.97. The Labute approximate surface area is 748 Å². The van der Waals surface area contributed by atoms with E-state index >= 15 is 24.0 Å². The van der Waals surface area contributed by atoms with E-state index in [0.29, 0.717) is 38.5 Å². The van der Waals surface area contributed by atoms with E-state index in [1.54, 1.807) is 67.1 Å². The van der Waals surface area contributed by atoms with Gasteiger partial charge in [0.2, 0.25) is 70.9 Å². The molecule has 0 spiro atoms. The summed E-state index contributed by atoms with van der Waals surface area (Å²) in [7, 11) is 0. The van der Waals surface area contributed by atoms with Gasteiger partial charge in [-0.25, -0.2) is 0 Å². The molecule has 0 radical (unpaired) electrons. The van der Waals surface area contributed by atoms with E-state index in [-0.39, 0.29) is 147 Å². The van der Waals surface area contributed by atoms with Crippen LogP contribution in [0.4, 0.5) is 0 Å². The maximum absolute atomic E-state index is 15.4. The van der Waals surface area contributed by atoms with Crippen LogP contribution in [0.2, 0.25) is 0 Å². The zero-order valence-corrected chi connectivity index (χ0v) is 72.5. The van der Waals surface area contributed by atoms with Crippen LogP contribution in [0.15, 0.2) is 91.4 Å². The highest BCUT2D eigenvalue weighted by molar-refractivity contribution is 6.01. The Balaban J connectivity index is 1.31. The second kappa shape index (κ2) is 52.5. The summed E-state index contributed by atoms with van der Waals surface area (Å²) in [6.45, 7) is 3.41. The van der Waals surface area contributed by atoms with Crippen molar-refractivity contribution in [3.8, 4) is 0 Å². The van der Waals surface area contributed by atoms with Gasteiger partial charge in [-0.3, -0.25) is 90.0 Å². The summed E-state index contributed by atoms with van der Waals surface area (Å²) in [5.74, 6) is -15.1. The number of hydrogen-bond acceptors (Lipinski definition) is 22. The van der Waals surface area contributed by atoms with Crippen LogP contribution in [-0.4, -0.2) is 267 Å². The number of benzene rings is 3. The maximum Gasteiger partial charge on any atom is 0.245 e. The number of rotatable bonds is 56. The molecule has 49 heteroatoms. The average Bonchev–Trinajstić information content (AvgIpc) is 1.68. The van der Waals surface area contributed by atoms with Gasteiger partial charge in [-0.2, -0.15) is 0 Å². The standard InChI is InChI=1S/C81H126N34O15/c1-40(116)61(73(128)105-53(64(83)119)22-10-28-96-76(84)85)113-69(124)57(26-14-32-100-80(92)93)107-71(126)59(35-44-38-103-51-20-8-5-17-47(44)51)111-67(122)55(24-12-30-98-78(88)89)110-75(130)63(42(3)118)115-70(125)58(27-15-33-101-81(94)95)108-72(127)60(36-45-39-104-52-21-9-6-18-48(45)52)112-66(121)54(23-11-29-97-77(86)87)109-74(129)62(41(2)117)114-68(123)56(25-13-31-99-79(90)91)106-65(120)49(82)34-43-37-102-50-19-7-4-16-46(43)50/h4-9,16-21,37-42,49,53-63,102-104,116-118H,10-15,22-36,82H2,1-3H3,(H2,83,119)(H,105,128)(H,106,120)(H,107,126)(H,108,127)(H,109,129)(H,110,130)(H,111,122)(H,112,121)(H,113,124)(H,114,123)(H,115,125)(H4,84,85,96)(H4,86,87,97)(H4,88,89,98)(H4,90,91,99)(H4,92,93,100)(H4,94,95,101)/t40-,41-,42-,49+,53+,54+,55+,56+,57+,58+,59+,60+,61+,62+,63+/m1/s1. The lowest BCUT2D eigenvalue weighted by Gasteiger charge is -2.29. The number of carbonyl (C=O) groups excluding carboxylic acids is 12. The van der Waals surface area contributed by atoms with Gasteiger partial charge >= 0.3 is 0 Å². The normalized spacial score (nSPS) is 14.6. The fraction of sp³-hybridized carbons (Fsp3) is 0.481. The molecular weight excluding hydrogens is 1690 g/mol. The number of para-hydroxylation sites is 3. The Hall–Kier alpha value is -14.6. The molecule has 6 rings (SSSR count). The molecular formula is C81H126N34O15. The lowest BCUT2D eigenvalue weighted by molar-refractivity contribution is -0.137. The number of fused-ring (bicyclic) bond motifs is 3. The largest absolute Gasteiger partial charge is 0.391 e. The summed E-state index contributed by atoms with van der Waals surface area (Å²) < 4.78 is 0. The third-order valence-corrected chi connectivity index (χ3v) is 20.8. The highest BCUT2D eigenvalue weighted by atomic mass is 16.3. The van der Waals surface area contributed by atoms with Gasteiger partial charge < -0.3 is 167 Å². The van der Waals surface area contributed by atoms with E-state index in [1.807, 2.05) is 24.3 Å². The van der Waals surface area contributed by atoms with Gasteiger partial charge in [0.1, 0.15) is 66.5 Å². The maximum atomic E-state index is 15.4. The molecule has 3 heterocycles. The number of guanidine groups is 6. The number of nitrogens with one attached hydrogen (secondary N) is 26. The molecule has 0 saturated carbocycles. The van der Waals surface area contributed by atoms with Crippen LogP contribution < -0.4 is 136 Å². The van der Waals surface area contributed by atoms with Gasteiger partial charge in [0.15, 0.2) is 35.8 Å². The SMILES string of the molecule is C[C@@H](O)[C@H](NC(=O)[C@H](CCCNC(=N)N)NC(=O)[C@H](Cc1c[nH]c2ccccc12)NC(=O)[C@H](CCCNC(=N)N)NC(=O)[C@@H](NC(=O)[C@H](CCCNC(=N)N)NC(=O)[C@H](Cc1c[nH]c2ccccc12)NC(=O)[C@H](CCCNC(=N)N)NC(=O)[C@@H](NC(=O)[C@H](CCCNC(=N)N)NC(=O)[C@@H](N)Cc1c[nH]c2ccccc12)[C@@H](C)O)[C@@H](C)O)C(=O)N[C@@H](CCCNC(=N)N)C(N)=O. The molecule has 0 saturated heterocycles. The minimum absolute atomic E-state index is 0.00892. The van der Waals surface area contributed by atoms with Crippen molar-refractivity contribution in [3.63, 3.8) is 0 Å². The Kier molecular flexibility index (Phi) is 42.1. The van der Waals surface area contributed by atoms with Gasteiger partial charge in [-0.1, -0.05) is 54.6 Å². The number of hydrogen-bond donors (Lipinski definition) is 37. The molecule has 710 valence electrons. The minimum Gasteiger partial charge on any atom is -0.391 e. The van der Waals surface area contributed by atoms with Crippen molar-refractivity contribution in [1.82, 2.24) is 105 Å². The molecule has 0 unspecified atom stereocenters. The number of aliphatic hydroxyl groups is 3. The lowest BCUT2D eigenvalue weighted by Crippen LogP contribution is -2.63. The minimum atomic E-state index is -2.00. The van der Waals surface area contributed by atoms with Crippen molar-refractivity contribution in [2.45, 2.75) is 208 Å². The van der Waals surface area contributed by atoms with E-state index in [9.17, 15) is 48.9 Å². The Bertz CT molecular complexity index is 4920. The number of aliphatic hydroxyl groups excluding tert-OH is 3. The number of aromatic amines is 3. The molecule has 15 atom stereocenters. The zero-order valence-electron chi connectivity index (χ0n) is 72.5. The van der Waals surface area contributed by atoms with E-state index in [1.165, 1.54) is 13.8 Å². The first-order chi connectivity index (χ1) is 61.7. The van der Waals surface area contributed by atoms with Crippen molar-refractivity contribution in [2.75, 3.05) is 39.3 Å². The number of amides is 12. The molecule has 130 heavy (non-hydrogen) atoms. The lowest BCUT2D eigenvalue weighted by atomic mass is 10.0. The number of nitrogens with two attached hydrogens (primary N) is 8. The van der Waals surface area contributed by atoms with E-state index < -0.39 is 186 Å². The Morgan fingerprint density at radius 1 is 0.292 bits per heavy atom. The fourth-order valence-corrected chi connectivity index (χ4v) is 14.0. The zero-order chi connectivity index (χ0) is 95.8. The van der Waals surface area contributed by atoms with Crippen molar-refractivity contribution in [2.24, 2.45) is 45.9 Å². The molecule has 0 aliphatic rings. The quantitative estimate of drug-likeness (QED) is 0.00958. The monoisotopic (exact) mass is 1820 g/mol. The average molecular weight is 1820 g/mol. The van der Waals surface area contributed by atoms with Crippen molar-refractivity contribution >= 4 is 139 Å². The first-order valence-electron chi connectivity index (χ1n) is 42.3. The van der Waals surface area contributed by atoms with Crippen molar-refractivity contribution in [1.29, 1.82) is 32.5 Å². The second-order valence-electron chi connectivity index (χ2n) is 31.3. The van der Waals surface area contributed by atoms with Crippen LogP contribution in [0.5, 0.6) is 0 Å². The van der Waals surface area contributed by atoms with Crippen LogP contribution in [0.1, 0.15) is 115 Å². The fourth-order valence-electron chi connectivity index (χ4n) is 14.0. The molecule has 0 aliphatic heterocycles. The topological polar surface area (TPSA) is 869 Å². The molecule has 49 nitrogen and oxygen atoms in total. The van der Waals surface area contributed by atoms with Gasteiger partial charge in [0, 0.05) is 103 Å². The smallest absolute Gasteiger partial charge is 0.245 e. The summed E-state index contributed by atoms with van der Waals surface area (Å²) in [5.41, 5.74) is 48.9. The van der Waals surface area contributed by atoms with Gasteiger partial charge in [-0.15, -0.1) is 0 Å². The van der Waals surface area contributed by atoms with Gasteiger partial charge in [0.25, 0.3) is 0 Å². The highest BCUT2D eigenvalue weighted by Gasteiger charge is 2.40. The highest BCUT2D eigenvalue weighted by Crippen LogP contribution is 2.24. The molecule has 45 N–H and O–H groups in total. The molecule has 0 aliphatic carbocycles. The van der Waals surface area contributed by atoms with E-state index in [0.717, 1.165) is 17.8 Å². The summed E-state index contributed by atoms with van der Waals surface area (Å²) in [6, 6.07) is 1.48. The molecule has 0 fully saturated rings. The van der Waals surface area contributed by atoms with Gasteiger partial charge in [-0.05, 0) is 139 Å². The molecule has 12 amide bonds. The first-order valence-corrected chi connectivity index (χ1v) is 42.3. The van der Waals surface area contributed by atoms with Gasteiger partial charge in [0.05, 0.1) is 24.4 Å². The second-order valence-corrected chi connectivity index (χ2v) is 31.3. The molecule has 3 aromatic heterocycles. The third-order valence-electron chi connectivity index (χ3n) is 20.8. The molecule has 0 bridgehead atoms. The number of primary amides is 1. The van der Waals surface area contributed by atoms with Crippen LogP contribution in [0.25, 0.3) is 32.7 Å². The number of H-pyrrole nitrogens is 3. The van der Waals surface area contributed by atoms with Crippen molar-refractivity contribution in [3.05, 3.63) is 108 Å². The van der Waals surface area contributed by atoms with Crippen LogP contribution >= 0.6 is 0 Å². The van der Waals surface area contributed by atoms with E-state index in [2.05, 4.69) is 105 Å². The van der Waals surface area contributed by atoms with Crippen LogP contribution in [-0.2, 0) is 76.8 Å². The summed E-state index contributed by atoms with van der Waals surface area (Å²) in [5, 5.41) is 126. The molecule has 6 aromatic rings. The van der Waals surface area contributed by atoms with Crippen molar-refractivity contribution < 1.29 is 72.9 Å².